The molecular weight excluding hydrogens is 319 g/mol. The lowest BCUT2D eigenvalue weighted by atomic mass is 9.79. The number of urea groups is 1. The molecule has 2 saturated carbocycles. The zero-order valence-electron chi connectivity index (χ0n) is 14.0. The van der Waals surface area contributed by atoms with Crippen molar-refractivity contribution >= 4 is 6.03 Å². The van der Waals surface area contributed by atoms with Gasteiger partial charge in [0.15, 0.2) is 0 Å². The van der Waals surface area contributed by atoms with Crippen molar-refractivity contribution in [2.24, 2.45) is 23.7 Å². The van der Waals surface area contributed by atoms with E-state index in [-0.39, 0.29) is 30.8 Å². The van der Waals surface area contributed by atoms with Gasteiger partial charge in [-0.05, 0) is 69.4 Å². The van der Waals surface area contributed by atoms with E-state index in [4.69, 9.17) is 0 Å². The smallest absolute Gasteiger partial charge is 0.338 e. The summed E-state index contributed by atoms with van der Waals surface area (Å²) >= 11 is 0. The molecule has 0 aromatic carbocycles. The molecule has 0 bridgehead atoms. The summed E-state index contributed by atoms with van der Waals surface area (Å²) in [5.41, 5.74) is 0. The summed E-state index contributed by atoms with van der Waals surface area (Å²) in [7, 11) is 0. The first-order chi connectivity index (χ1) is 11.4. The van der Waals surface area contributed by atoms with E-state index in [2.05, 4.69) is 16.0 Å². The highest BCUT2D eigenvalue weighted by Gasteiger charge is 2.42. The molecule has 0 aromatic rings. The zero-order chi connectivity index (χ0) is 17.2. The molecule has 0 aromatic heterocycles. The number of carbonyl (C=O) groups excluding carboxylic acids is 1. The largest absolute Gasteiger partial charge is 0.391 e. The zero-order valence-corrected chi connectivity index (χ0v) is 14.0. The normalized spacial score (nSPS) is 36.9. The highest BCUT2D eigenvalue weighted by atomic mass is 19.4. The minimum atomic E-state index is -4.10. The van der Waals surface area contributed by atoms with Crippen LogP contribution >= 0.6 is 0 Å². The number of nitrogens with one attached hydrogen (secondary N) is 3. The molecule has 1 aliphatic heterocycles. The van der Waals surface area contributed by atoms with Gasteiger partial charge in [0, 0.05) is 12.6 Å². The highest BCUT2D eigenvalue weighted by Crippen LogP contribution is 2.39. The van der Waals surface area contributed by atoms with Gasteiger partial charge in [-0.1, -0.05) is 6.42 Å². The molecule has 0 spiro atoms. The number of carbonyl (C=O) groups is 1. The Morgan fingerprint density at radius 2 is 1.83 bits per heavy atom. The first-order valence-corrected chi connectivity index (χ1v) is 9.23. The van der Waals surface area contributed by atoms with Crippen molar-refractivity contribution in [2.75, 3.05) is 19.6 Å². The minimum Gasteiger partial charge on any atom is -0.338 e. The fourth-order valence-electron chi connectivity index (χ4n) is 4.68. The van der Waals surface area contributed by atoms with Crippen molar-refractivity contribution in [1.29, 1.82) is 0 Å². The number of hydrogen-bond acceptors (Lipinski definition) is 2. The van der Waals surface area contributed by atoms with Crippen LogP contribution in [0.15, 0.2) is 0 Å². The molecule has 4 nitrogen and oxygen atoms in total. The summed E-state index contributed by atoms with van der Waals surface area (Å²) in [5.74, 6) is 0.125. The van der Waals surface area contributed by atoms with Crippen molar-refractivity contribution in [1.82, 2.24) is 16.0 Å². The Morgan fingerprint density at radius 3 is 2.62 bits per heavy atom. The predicted octanol–water partition coefficient (Wildman–Crippen LogP) is 3.04. The van der Waals surface area contributed by atoms with Crippen LogP contribution in [0, 0.1) is 23.7 Å². The quantitative estimate of drug-likeness (QED) is 0.735. The standard InChI is InChI=1S/C17H28F3N3O/c18-17(19,20)14-3-1-2-11(6-14)8-22-16(24)23-15-5-4-12-9-21-10-13(12)7-15/h11-15,21H,1-10H2,(H2,22,23,24). The Kier molecular flexibility index (Phi) is 5.57. The second-order valence-corrected chi connectivity index (χ2v) is 7.81. The van der Waals surface area contributed by atoms with Crippen LogP contribution in [0.25, 0.3) is 0 Å². The predicted molar refractivity (Wildman–Crippen MR) is 85.5 cm³/mol. The maximum Gasteiger partial charge on any atom is 0.391 e. The first-order valence-electron chi connectivity index (χ1n) is 9.23. The summed E-state index contributed by atoms with van der Waals surface area (Å²) in [5, 5.41) is 9.21. The van der Waals surface area contributed by atoms with Crippen LogP contribution in [-0.2, 0) is 0 Å². The monoisotopic (exact) mass is 347 g/mol. The topological polar surface area (TPSA) is 53.2 Å². The van der Waals surface area contributed by atoms with Gasteiger partial charge in [0.05, 0.1) is 5.92 Å². The van der Waals surface area contributed by atoms with Gasteiger partial charge in [-0.25, -0.2) is 4.79 Å². The molecular formula is C17H28F3N3O. The molecule has 3 aliphatic rings. The van der Waals surface area contributed by atoms with Gasteiger partial charge in [0.2, 0.25) is 0 Å². The summed E-state index contributed by atoms with van der Waals surface area (Å²) in [4.78, 5) is 12.1. The molecule has 24 heavy (non-hydrogen) atoms. The van der Waals surface area contributed by atoms with Crippen LogP contribution in [0.5, 0.6) is 0 Å². The SMILES string of the molecule is O=C(NCC1CCCC(C(F)(F)F)C1)NC1CCC2CNCC2C1. The van der Waals surface area contributed by atoms with Gasteiger partial charge in [-0.15, -0.1) is 0 Å². The second kappa shape index (κ2) is 7.50. The molecule has 1 heterocycles. The van der Waals surface area contributed by atoms with Crippen LogP contribution < -0.4 is 16.0 Å². The summed E-state index contributed by atoms with van der Waals surface area (Å²) in [6, 6.07) is -0.0287. The van der Waals surface area contributed by atoms with Crippen LogP contribution in [0.2, 0.25) is 0 Å². The molecule has 5 unspecified atom stereocenters. The number of halogens is 3. The van der Waals surface area contributed by atoms with E-state index >= 15 is 0 Å². The number of amides is 2. The number of hydrogen-bond donors (Lipinski definition) is 3. The fourth-order valence-corrected chi connectivity index (χ4v) is 4.68. The lowest BCUT2D eigenvalue weighted by Crippen LogP contribution is -2.47. The average molecular weight is 347 g/mol. The molecule has 5 atom stereocenters. The van der Waals surface area contributed by atoms with E-state index in [1.807, 2.05) is 0 Å². The summed E-state index contributed by atoms with van der Waals surface area (Å²) < 4.78 is 38.5. The maximum atomic E-state index is 12.8. The molecule has 0 radical (unpaired) electrons. The third-order valence-corrected chi connectivity index (χ3v) is 6.09. The molecule has 2 aliphatic carbocycles. The Bertz CT molecular complexity index is 443. The molecule has 7 heteroatoms. The van der Waals surface area contributed by atoms with Crippen LogP contribution in [0.3, 0.4) is 0 Å². The second-order valence-electron chi connectivity index (χ2n) is 7.81. The molecule has 3 rings (SSSR count). The minimum absolute atomic E-state index is 0.0640. The van der Waals surface area contributed by atoms with Crippen LogP contribution in [-0.4, -0.2) is 37.9 Å². The molecule has 3 N–H and O–H groups in total. The van der Waals surface area contributed by atoms with Crippen molar-refractivity contribution in [2.45, 2.75) is 57.2 Å². The molecule has 3 fully saturated rings. The Hall–Kier alpha value is -0.980. The van der Waals surface area contributed by atoms with Crippen molar-refractivity contribution in [3.05, 3.63) is 0 Å². The maximum absolute atomic E-state index is 12.8. The van der Waals surface area contributed by atoms with Crippen LogP contribution in [0.1, 0.15) is 44.9 Å². The van der Waals surface area contributed by atoms with Gasteiger partial charge in [0.25, 0.3) is 0 Å². The van der Waals surface area contributed by atoms with E-state index in [9.17, 15) is 18.0 Å². The van der Waals surface area contributed by atoms with E-state index < -0.39 is 12.1 Å². The van der Waals surface area contributed by atoms with Gasteiger partial charge < -0.3 is 16.0 Å². The third kappa shape index (κ3) is 4.55. The number of fused-ring (bicyclic) bond motifs is 1. The lowest BCUT2D eigenvalue weighted by molar-refractivity contribution is -0.185. The van der Waals surface area contributed by atoms with Crippen molar-refractivity contribution < 1.29 is 18.0 Å². The van der Waals surface area contributed by atoms with E-state index in [1.54, 1.807) is 0 Å². The number of alkyl halides is 3. The fraction of sp³-hybridized carbons (Fsp3) is 0.941. The van der Waals surface area contributed by atoms with E-state index in [0.717, 1.165) is 44.7 Å². The average Bonchev–Trinajstić information content (AvgIpc) is 3.00. The van der Waals surface area contributed by atoms with Gasteiger partial charge in [0.1, 0.15) is 0 Å². The van der Waals surface area contributed by atoms with Gasteiger partial charge >= 0.3 is 12.2 Å². The van der Waals surface area contributed by atoms with Crippen molar-refractivity contribution in [3.8, 4) is 0 Å². The molecule has 2 amide bonds. The Labute approximate surface area is 141 Å². The highest BCUT2D eigenvalue weighted by molar-refractivity contribution is 5.74. The van der Waals surface area contributed by atoms with Crippen molar-refractivity contribution in [3.63, 3.8) is 0 Å². The summed E-state index contributed by atoms with van der Waals surface area (Å²) in [6.07, 6.45) is 0.768. The Morgan fingerprint density at radius 1 is 1.04 bits per heavy atom. The number of rotatable bonds is 3. The van der Waals surface area contributed by atoms with Crippen LogP contribution in [0.4, 0.5) is 18.0 Å². The summed E-state index contributed by atoms with van der Waals surface area (Å²) in [6.45, 7) is 2.47. The Balaban J connectivity index is 1.38. The third-order valence-electron chi connectivity index (χ3n) is 6.09. The van der Waals surface area contributed by atoms with E-state index in [1.165, 1.54) is 0 Å². The molecule has 138 valence electrons. The molecule has 1 saturated heterocycles. The van der Waals surface area contributed by atoms with Gasteiger partial charge in [-0.3, -0.25) is 0 Å². The lowest BCUT2D eigenvalue weighted by Gasteiger charge is -2.32. The van der Waals surface area contributed by atoms with Gasteiger partial charge in [-0.2, -0.15) is 13.2 Å². The van der Waals surface area contributed by atoms with E-state index in [0.29, 0.717) is 18.9 Å². The first kappa shape index (κ1) is 17.8.